The molecule has 0 aliphatic carbocycles. The number of hydrogen-bond acceptors (Lipinski definition) is 5. The average molecular weight is 392 g/mol. The van der Waals surface area contributed by atoms with Crippen LogP contribution in [0, 0.1) is 5.82 Å². The SMILES string of the molecule is CC(Sc1nnc(-c2ccccc2F)n1N)C(=O)Nc1ccccc1Cl. The van der Waals surface area contributed by atoms with Gasteiger partial charge in [0.1, 0.15) is 5.82 Å². The van der Waals surface area contributed by atoms with E-state index in [2.05, 4.69) is 15.5 Å². The van der Waals surface area contributed by atoms with Crippen LogP contribution in [-0.2, 0) is 4.79 Å². The molecule has 3 rings (SSSR count). The van der Waals surface area contributed by atoms with Crippen molar-refractivity contribution in [3.05, 3.63) is 59.4 Å². The molecule has 0 aliphatic heterocycles. The van der Waals surface area contributed by atoms with Crippen LogP contribution in [0.5, 0.6) is 0 Å². The van der Waals surface area contributed by atoms with Crippen molar-refractivity contribution in [1.82, 2.24) is 14.9 Å². The number of aromatic nitrogens is 3. The van der Waals surface area contributed by atoms with Gasteiger partial charge in [0.25, 0.3) is 0 Å². The Morgan fingerprint density at radius 2 is 1.92 bits per heavy atom. The van der Waals surface area contributed by atoms with Gasteiger partial charge in [-0.25, -0.2) is 9.07 Å². The molecule has 134 valence electrons. The summed E-state index contributed by atoms with van der Waals surface area (Å²) < 4.78 is 15.1. The number of nitrogens with two attached hydrogens (primary N) is 1. The third-order valence-electron chi connectivity index (χ3n) is 3.56. The van der Waals surface area contributed by atoms with Crippen molar-refractivity contribution in [3.8, 4) is 11.4 Å². The lowest BCUT2D eigenvalue weighted by Crippen LogP contribution is -2.23. The number of rotatable bonds is 5. The van der Waals surface area contributed by atoms with Crippen molar-refractivity contribution < 1.29 is 9.18 Å². The Balaban J connectivity index is 1.74. The minimum Gasteiger partial charge on any atom is -0.335 e. The van der Waals surface area contributed by atoms with Gasteiger partial charge in [0.15, 0.2) is 5.82 Å². The van der Waals surface area contributed by atoms with E-state index >= 15 is 0 Å². The van der Waals surface area contributed by atoms with Gasteiger partial charge in [0.05, 0.1) is 21.5 Å². The van der Waals surface area contributed by atoms with Gasteiger partial charge < -0.3 is 11.2 Å². The molecule has 1 heterocycles. The highest BCUT2D eigenvalue weighted by Crippen LogP contribution is 2.27. The first-order valence-corrected chi connectivity index (χ1v) is 8.90. The molecule has 2 aromatic carbocycles. The maximum absolute atomic E-state index is 13.9. The maximum atomic E-state index is 13.9. The molecule has 9 heteroatoms. The van der Waals surface area contributed by atoms with Crippen LogP contribution in [0.4, 0.5) is 10.1 Å². The first-order valence-electron chi connectivity index (χ1n) is 7.65. The zero-order valence-electron chi connectivity index (χ0n) is 13.7. The van der Waals surface area contributed by atoms with Crippen molar-refractivity contribution in [2.75, 3.05) is 11.2 Å². The Morgan fingerprint density at radius 1 is 1.23 bits per heavy atom. The standard InChI is InChI=1S/C17H15ClFN5OS/c1-10(16(25)21-14-9-5-3-7-12(14)18)26-17-23-22-15(24(17)20)11-6-2-4-8-13(11)19/h2-10H,20H2,1H3,(H,21,25). The smallest absolute Gasteiger partial charge is 0.237 e. The Bertz CT molecular complexity index is 948. The lowest BCUT2D eigenvalue weighted by atomic mass is 10.2. The largest absolute Gasteiger partial charge is 0.335 e. The quantitative estimate of drug-likeness (QED) is 0.513. The summed E-state index contributed by atoms with van der Waals surface area (Å²) in [6.07, 6.45) is 0. The fraction of sp³-hybridized carbons (Fsp3) is 0.118. The molecule has 3 N–H and O–H groups in total. The van der Waals surface area contributed by atoms with Crippen molar-refractivity contribution in [2.24, 2.45) is 0 Å². The lowest BCUT2D eigenvalue weighted by molar-refractivity contribution is -0.115. The zero-order valence-corrected chi connectivity index (χ0v) is 15.3. The summed E-state index contributed by atoms with van der Waals surface area (Å²) >= 11 is 7.15. The van der Waals surface area contributed by atoms with Crippen LogP contribution in [0.3, 0.4) is 0 Å². The summed E-state index contributed by atoms with van der Waals surface area (Å²) in [4.78, 5) is 12.4. The minimum atomic E-state index is -0.522. The molecule has 0 spiro atoms. The zero-order chi connectivity index (χ0) is 18.7. The molecule has 1 unspecified atom stereocenters. The summed E-state index contributed by atoms with van der Waals surface area (Å²) in [5.74, 6) is 5.45. The van der Waals surface area contributed by atoms with Crippen LogP contribution in [0.25, 0.3) is 11.4 Å². The summed E-state index contributed by atoms with van der Waals surface area (Å²) in [6, 6.07) is 13.1. The molecule has 26 heavy (non-hydrogen) atoms. The van der Waals surface area contributed by atoms with Gasteiger partial charge in [-0.05, 0) is 31.2 Å². The second-order valence-corrected chi connectivity index (χ2v) is 7.10. The number of carbonyl (C=O) groups is 1. The van der Waals surface area contributed by atoms with E-state index in [1.54, 1.807) is 49.4 Å². The van der Waals surface area contributed by atoms with Crippen LogP contribution < -0.4 is 11.2 Å². The molecule has 0 bridgehead atoms. The highest BCUT2D eigenvalue weighted by molar-refractivity contribution is 8.00. The minimum absolute atomic E-state index is 0.185. The molecule has 1 atom stereocenters. The monoisotopic (exact) mass is 391 g/mol. The van der Waals surface area contributed by atoms with Gasteiger partial charge in [-0.2, -0.15) is 0 Å². The van der Waals surface area contributed by atoms with Crippen LogP contribution in [-0.4, -0.2) is 26.0 Å². The van der Waals surface area contributed by atoms with Crippen molar-refractivity contribution >= 4 is 35.0 Å². The van der Waals surface area contributed by atoms with E-state index in [9.17, 15) is 9.18 Å². The van der Waals surface area contributed by atoms with Gasteiger partial charge in [-0.1, -0.05) is 47.6 Å². The van der Waals surface area contributed by atoms with E-state index in [-0.39, 0.29) is 17.3 Å². The van der Waals surface area contributed by atoms with Crippen molar-refractivity contribution in [3.63, 3.8) is 0 Å². The first kappa shape index (κ1) is 18.2. The van der Waals surface area contributed by atoms with E-state index in [1.807, 2.05) is 0 Å². The van der Waals surface area contributed by atoms with E-state index in [0.717, 1.165) is 11.8 Å². The highest BCUT2D eigenvalue weighted by atomic mass is 35.5. The van der Waals surface area contributed by atoms with E-state index in [1.165, 1.54) is 10.7 Å². The van der Waals surface area contributed by atoms with Crippen LogP contribution in [0.1, 0.15) is 6.92 Å². The second kappa shape index (κ2) is 7.76. The molecular weight excluding hydrogens is 377 g/mol. The maximum Gasteiger partial charge on any atom is 0.237 e. The number of carbonyl (C=O) groups excluding carboxylic acids is 1. The fourth-order valence-corrected chi connectivity index (χ4v) is 3.15. The van der Waals surface area contributed by atoms with Gasteiger partial charge >= 0.3 is 0 Å². The molecule has 0 saturated heterocycles. The number of nitrogens with one attached hydrogen (secondary N) is 1. The first-order chi connectivity index (χ1) is 12.5. The topological polar surface area (TPSA) is 85.8 Å². The number of hydrogen-bond donors (Lipinski definition) is 2. The summed E-state index contributed by atoms with van der Waals surface area (Å²) in [7, 11) is 0. The van der Waals surface area contributed by atoms with Crippen LogP contribution in [0.15, 0.2) is 53.7 Å². The number of nitrogen functional groups attached to an aromatic ring is 1. The molecule has 6 nitrogen and oxygen atoms in total. The predicted molar refractivity (Wildman–Crippen MR) is 101 cm³/mol. The molecule has 3 aromatic rings. The van der Waals surface area contributed by atoms with Crippen molar-refractivity contribution in [2.45, 2.75) is 17.3 Å². The van der Waals surface area contributed by atoms with E-state index in [4.69, 9.17) is 17.4 Å². The number of nitrogens with zero attached hydrogens (tertiary/aromatic N) is 3. The van der Waals surface area contributed by atoms with Crippen molar-refractivity contribution in [1.29, 1.82) is 0 Å². The number of para-hydroxylation sites is 1. The number of amides is 1. The Kier molecular flexibility index (Phi) is 5.43. The Morgan fingerprint density at radius 3 is 2.65 bits per heavy atom. The van der Waals surface area contributed by atoms with E-state index in [0.29, 0.717) is 15.9 Å². The van der Waals surface area contributed by atoms with Gasteiger partial charge in [-0.15, -0.1) is 10.2 Å². The molecule has 1 aromatic heterocycles. The third kappa shape index (κ3) is 3.81. The molecule has 1 amide bonds. The summed E-state index contributed by atoms with van der Waals surface area (Å²) in [5.41, 5.74) is 0.760. The molecule has 0 radical (unpaired) electrons. The van der Waals surface area contributed by atoms with Gasteiger partial charge in [0, 0.05) is 0 Å². The number of thioether (sulfide) groups is 1. The second-order valence-electron chi connectivity index (χ2n) is 5.39. The van der Waals surface area contributed by atoms with Crippen LogP contribution >= 0.6 is 23.4 Å². The lowest BCUT2D eigenvalue weighted by Gasteiger charge is -2.12. The molecule has 0 aliphatic rings. The normalized spacial score (nSPS) is 12.0. The predicted octanol–water partition coefficient (Wildman–Crippen LogP) is 3.57. The van der Waals surface area contributed by atoms with Gasteiger partial charge in [-0.3, -0.25) is 4.79 Å². The molecule has 0 fully saturated rings. The molecule has 0 saturated carbocycles. The number of halogens is 2. The fourth-order valence-electron chi connectivity index (χ4n) is 2.19. The summed E-state index contributed by atoms with van der Waals surface area (Å²) in [6.45, 7) is 1.70. The summed E-state index contributed by atoms with van der Waals surface area (Å²) in [5, 5.41) is 10.9. The Hall–Kier alpha value is -2.58. The average Bonchev–Trinajstić information content (AvgIpc) is 2.98. The highest BCUT2D eigenvalue weighted by Gasteiger charge is 2.21. The van der Waals surface area contributed by atoms with Crippen LogP contribution in [0.2, 0.25) is 5.02 Å². The van der Waals surface area contributed by atoms with E-state index < -0.39 is 11.1 Å². The third-order valence-corrected chi connectivity index (χ3v) is 4.95. The number of anilines is 1. The number of benzene rings is 2. The Labute approximate surface area is 158 Å². The molecular formula is C17H15ClFN5OS. The van der Waals surface area contributed by atoms with Gasteiger partial charge in [0.2, 0.25) is 11.1 Å².